The van der Waals surface area contributed by atoms with E-state index in [2.05, 4.69) is 4.98 Å². The highest BCUT2D eigenvalue weighted by Gasteiger charge is 2.05. The molecular weight excluding hydrogens is 192 g/mol. The minimum absolute atomic E-state index is 0.0536. The van der Waals surface area contributed by atoms with E-state index in [4.69, 9.17) is 9.52 Å². The zero-order valence-corrected chi connectivity index (χ0v) is 8.90. The highest BCUT2D eigenvalue weighted by molar-refractivity contribution is 5.12. The summed E-state index contributed by atoms with van der Waals surface area (Å²) in [5, 5.41) is 8.86. The number of aromatic nitrogens is 2. The van der Waals surface area contributed by atoms with E-state index in [1.54, 1.807) is 12.4 Å². The second-order valence-corrected chi connectivity index (χ2v) is 3.57. The van der Waals surface area contributed by atoms with Gasteiger partial charge in [0.25, 0.3) is 0 Å². The number of imidazole rings is 1. The molecule has 0 aliphatic carbocycles. The van der Waals surface area contributed by atoms with E-state index in [-0.39, 0.29) is 6.61 Å². The van der Waals surface area contributed by atoms with Gasteiger partial charge in [-0.1, -0.05) is 0 Å². The highest BCUT2D eigenvalue weighted by atomic mass is 16.4. The Labute approximate surface area is 88.2 Å². The van der Waals surface area contributed by atoms with Gasteiger partial charge in [-0.15, -0.1) is 0 Å². The van der Waals surface area contributed by atoms with Crippen molar-refractivity contribution in [3.63, 3.8) is 0 Å². The van der Waals surface area contributed by atoms with Gasteiger partial charge in [0, 0.05) is 5.69 Å². The van der Waals surface area contributed by atoms with E-state index < -0.39 is 0 Å². The van der Waals surface area contributed by atoms with Crippen molar-refractivity contribution in [2.24, 2.45) is 0 Å². The van der Waals surface area contributed by atoms with Crippen molar-refractivity contribution >= 4 is 0 Å². The first-order valence-electron chi connectivity index (χ1n) is 4.87. The van der Waals surface area contributed by atoms with Gasteiger partial charge in [-0.3, -0.25) is 0 Å². The first kappa shape index (κ1) is 9.98. The highest BCUT2D eigenvalue weighted by Crippen LogP contribution is 2.12. The SMILES string of the molecule is Cc1ncn(Cc2ccc(CO)o2)c1C. The van der Waals surface area contributed by atoms with E-state index >= 15 is 0 Å². The van der Waals surface area contributed by atoms with Gasteiger partial charge in [0.15, 0.2) is 0 Å². The van der Waals surface area contributed by atoms with Gasteiger partial charge in [0.2, 0.25) is 0 Å². The molecule has 0 aliphatic rings. The molecule has 0 bridgehead atoms. The molecule has 2 heterocycles. The van der Waals surface area contributed by atoms with Crippen LogP contribution in [0, 0.1) is 13.8 Å². The molecule has 2 aromatic heterocycles. The molecule has 0 fully saturated rings. The summed E-state index contributed by atoms with van der Waals surface area (Å²) in [4.78, 5) is 4.21. The molecule has 80 valence electrons. The van der Waals surface area contributed by atoms with Crippen LogP contribution in [-0.2, 0) is 13.2 Å². The zero-order valence-electron chi connectivity index (χ0n) is 8.90. The first-order valence-corrected chi connectivity index (χ1v) is 4.87. The molecule has 0 aliphatic heterocycles. The maximum Gasteiger partial charge on any atom is 0.129 e. The fourth-order valence-electron chi connectivity index (χ4n) is 1.46. The van der Waals surface area contributed by atoms with Gasteiger partial charge >= 0.3 is 0 Å². The lowest BCUT2D eigenvalue weighted by Gasteiger charge is -2.02. The maximum absolute atomic E-state index is 8.86. The van der Waals surface area contributed by atoms with Crippen LogP contribution < -0.4 is 0 Å². The van der Waals surface area contributed by atoms with Crippen LogP contribution >= 0.6 is 0 Å². The third-order valence-corrected chi connectivity index (χ3v) is 2.54. The minimum Gasteiger partial charge on any atom is -0.462 e. The second-order valence-electron chi connectivity index (χ2n) is 3.57. The third kappa shape index (κ3) is 1.94. The Bertz CT molecular complexity index is 457. The molecule has 0 saturated heterocycles. The molecule has 0 atom stereocenters. The van der Waals surface area contributed by atoms with Gasteiger partial charge < -0.3 is 14.1 Å². The molecule has 0 radical (unpaired) electrons. The Hall–Kier alpha value is -1.55. The largest absolute Gasteiger partial charge is 0.462 e. The van der Waals surface area contributed by atoms with Crippen LogP contribution in [0.15, 0.2) is 22.9 Å². The second kappa shape index (κ2) is 3.90. The number of rotatable bonds is 3. The monoisotopic (exact) mass is 206 g/mol. The molecule has 0 spiro atoms. The fourth-order valence-corrected chi connectivity index (χ4v) is 1.46. The molecule has 1 N–H and O–H groups in total. The predicted octanol–water partition coefficient (Wildman–Crippen LogP) is 1.63. The molecule has 0 aromatic carbocycles. The molecule has 0 amide bonds. The van der Waals surface area contributed by atoms with Gasteiger partial charge in [-0.2, -0.15) is 0 Å². The van der Waals surface area contributed by atoms with Crippen LogP contribution in [0.2, 0.25) is 0 Å². The number of aryl methyl sites for hydroxylation is 1. The number of aliphatic hydroxyl groups is 1. The number of aliphatic hydroxyl groups excluding tert-OH is 1. The number of hydrogen-bond donors (Lipinski definition) is 1. The summed E-state index contributed by atoms with van der Waals surface area (Å²) in [6.45, 7) is 4.61. The topological polar surface area (TPSA) is 51.2 Å². The van der Waals surface area contributed by atoms with E-state index in [0.717, 1.165) is 17.1 Å². The van der Waals surface area contributed by atoms with Gasteiger partial charge in [0.05, 0.1) is 18.6 Å². The Morgan fingerprint density at radius 2 is 2.07 bits per heavy atom. The summed E-state index contributed by atoms with van der Waals surface area (Å²) < 4.78 is 7.43. The summed E-state index contributed by atoms with van der Waals surface area (Å²) >= 11 is 0. The first-order chi connectivity index (χ1) is 7.20. The van der Waals surface area contributed by atoms with Crippen molar-refractivity contribution in [2.45, 2.75) is 27.0 Å². The van der Waals surface area contributed by atoms with Crippen molar-refractivity contribution < 1.29 is 9.52 Å². The van der Waals surface area contributed by atoms with Crippen molar-refractivity contribution in [1.82, 2.24) is 9.55 Å². The normalized spacial score (nSPS) is 10.9. The zero-order chi connectivity index (χ0) is 10.8. The summed E-state index contributed by atoms with van der Waals surface area (Å²) in [6.07, 6.45) is 1.80. The molecule has 0 unspecified atom stereocenters. The molecule has 2 aromatic rings. The van der Waals surface area contributed by atoms with Crippen molar-refractivity contribution in [3.8, 4) is 0 Å². The average molecular weight is 206 g/mol. The molecule has 0 saturated carbocycles. The van der Waals surface area contributed by atoms with Crippen molar-refractivity contribution in [3.05, 3.63) is 41.4 Å². The maximum atomic E-state index is 8.86. The third-order valence-electron chi connectivity index (χ3n) is 2.54. The Balaban J connectivity index is 2.18. The van der Waals surface area contributed by atoms with Crippen molar-refractivity contribution in [2.75, 3.05) is 0 Å². The molecule has 15 heavy (non-hydrogen) atoms. The van der Waals surface area contributed by atoms with E-state index in [1.807, 2.05) is 24.5 Å². The van der Waals surface area contributed by atoms with Gasteiger partial charge in [0.1, 0.15) is 18.1 Å². The fraction of sp³-hybridized carbons (Fsp3) is 0.364. The lowest BCUT2D eigenvalue weighted by atomic mass is 10.3. The summed E-state index contributed by atoms with van der Waals surface area (Å²) in [5.41, 5.74) is 2.17. The van der Waals surface area contributed by atoms with Crippen molar-refractivity contribution in [1.29, 1.82) is 0 Å². The van der Waals surface area contributed by atoms with Crippen LogP contribution in [0.3, 0.4) is 0 Å². The Kier molecular flexibility index (Phi) is 2.60. The van der Waals surface area contributed by atoms with Crippen LogP contribution in [-0.4, -0.2) is 14.7 Å². The lowest BCUT2D eigenvalue weighted by Crippen LogP contribution is -1.99. The van der Waals surface area contributed by atoms with E-state index in [0.29, 0.717) is 12.3 Å². The number of hydrogen-bond acceptors (Lipinski definition) is 3. The van der Waals surface area contributed by atoms with Gasteiger partial charge in [-0.05, 0) is 26.0 Å². The molecular formula is C11H14N2O2. The van der Waals surface area contributed by atoms with Gasteiger partial charge in [-0.25, -0.2) is 4.98 Å². The number of furan rings is 1. The van der Waals surface area contributed by atoms with E-state index in [1.165, 1.54) is 0 Å². The summed E-state index contributed by atoms with van der Waals surface area (Å²) in [6, 6.07) is 3.66. The van der Waals surface area contributed by atoms with Crippen LogP contribution in [0.1, 0.15) is 22.9 Å². The molecule has 4 heteroatoms. The smallest absolute Gasteiger partial charge is 0.129 e. The van der Waals surface area contributed by atoms with Crippen LogP contribution in [0.5, 0.6) is 0 Å². The van der Waals surface area contributed by atoms with Crippen LogP contribution in [0.4, 0.5) is 0 Å². The summed E-state index contributed by atoms with van der Waals surface area (Å²) in [7, 11) is 0. The summed E-state index contributed by atoms with van der Waals surface area (Å²) in [5.74, 6) is 1.43. The Morgan fingerprint density at radius 3 is 2.60 bits per heavy atom. The molecule has 2 rings (SSSR count). The lowest BCUT2D eigenvalue weighted by molar-refractivity contribution is 0.243. The molecule has 4 nitrogen and oxygen atoms in total. The van der Waals surface area contributed by atoms with E-state index in [9.17, 15) is 0 Å². The van der Waals surface area contributed by atoms with Crippen LogP contribution in [0.25, 0.3) is 0 Å². The quantitative estimate of drug-likeness (QED) is 0.830. The predicted molar refractivity (Wildman–Crippen MR) is 55.4 cm³/mol. The minimum atomic E-state index is -0.0536. The Morgan fingerprint density at radius 1 is 1.33 bits per heavy atom. The average Bonchev–Trinajstić information content (AvgIpc) is 2.80. The number of nitrogens with zero attached hydrogens (tertiary/aromatic N) is 2. The standard InChI is InChI=1S/C11H14N2O2/c1-8-9(2)13(7-12-8)5-10-3-4-11(6-14)15-10/h3-4,7,14H,5-6H2,1-2H3.